The number of rotatable bonds is 4. The quantitative estimate of drug-likeness (QED) is 0.265. The third-order valence-electron chi connectivity index (χ3n) is 3.89. The minimum Gasteiger partial charge on any atom is -0.507 e. The van der Waals surface area contributed by atoms with Crippen LogP contribution in [0.5, 0.6) is 11.5 Å². The fourth-order valence-electron chi connectivity index (χ4n) is 2.33. The van der Waals surface area contributed by atoms with Crippen molar-refractivity contribution in [3.63, 3.8) is 0 Å². The minimum absolute atomic E-state index is 0.0239. The highest BCUT2D eigenvalue weighted by Gasteiger charge is 2.46. The van der Waals surface area contributed by atoms with Crippen LogP contribution in [0.2, 0.25) is 30.1 Å². The molecule has 0 radical (unpaired) electrons. The third kappa shape index (κ3) is 4.82. The van der Waals surface area contributed by atoms with Gasteiger partial charge >= 0.3 is 0 Å². The first kappa shape index (κ1) is 26.5. The first-order valence-corrected chi connectivity index (χ1v) is 11.8. The van der Waals surface area contributed by atoms with Gasteiger partial charge < -0.3 is 10.2 Å². The number of hydrogen-bond donors (Lipinski definition) is 2. The Balaban J connectivity index is 2.68. The Morgan fingerprint density at radius 1 is 0.552 bits per heavy atom. The minimum atomic E-state index is -2.07. The Hall–Kier alpha value is 1.29. The van der Waals surface area contributed by atoms with Crippen molar-refractivity contribution in [1.82, 2.24) is 0 Å². The first-order chi connectivity index (χ1) is 13.1. The molecular formula is C16H8Cl10O2S. The highest BCUT2D eigenvalue weighted by Crippen LogP contribution is 2.65. The number of halogens is 10. The van der Waals surface area contributed by atoms with Crippen molar-refractivity contribution in [2.75, 3.05) is 0 Å². The van der Waals surface area contributed by atoms with Crippen LogP contribution in [0.25, 0.3) is 0 Å². The summed E-state index contributed by atoms with van der Waals surface area (Å²) in [6, 6.07) is 0. The van der Waals surface area contributed by atoms with E-state index in [-0.39, 0.29) is 52.4 Å². The van der Waals surface area contributed by atoms with E-state index in [4.69, 9.17) is 116 Å². The molecule has 0 fully saturated rings. The van der Waals surface area contributed by atoms with Gasteiger partial charge in [-0.3, -0.25) is 0 Å². The van der Waals surface area contributed by atoms with E-state index in [1.165, 1.54) is 13.8 Å². The second kappa shape index (κ2) is 9.27. The smallest absolute Gasteiger partial charge is 0.196 e. The Labute approximate surface area is 221 Å². The normalized spacial score (nSPS) is 12.6. The van der Waals surface area contributed by atoms with Crippen LogP contribution in [0.4, 0.5) is 0 Å². The van der Waals surface area contributed by atoms with Crippen LogP contribution in [0.3, 0.4) is 0 Å². The maximum atomic E-state index is 10.5. The number of alkyl halides is 4. The third-order valence-corrected chi connectivity index (χ3v) is 9.34. The van der Waals surface area contributed by atoms with Crippen LogP contribution < -0.4 is 0 Å². The monoisotopic (exact) mass is 614 g/mol. The van der Waals surface area contributed by atoms with E-state index in [1.807, 2.05) is 0 Å². The standard InChI is InChI=1S/C16H8Cl10O2S/c1-3-7(17)11(21)9(19)5(13(3)27)15(23,24)29-16(25,26)6-10(20)12(22)8(18)4(2)14(6)28/h27-28H,1-2H3. The van der Waals surface area contributed by atoms with Gasteiger partial charge in [0.2, 0.25) is 0 Å². The second-order valence-electron chi connectivity index (χ2n) is 5.72. The van der Waals surface area contributed by atoms with Gasteiger partial charge in [0, 0.05) is 11.1 Å². The molecule has 2 N–H and O–H groups in total. The van der Waals surface area contributed by atoms with Crippen LogP contribution >= 0.6 is 128 Å². The lowest BCUT2D eigenvalue weighted by molar-refractivity contribution is 0.464. The lowest BCUT2D eigenvalue weighted by Gasteiger charge is -2.31. The summed E-state index contributed by atoms with van der Waals surface area (Å²) in [4.78, 5) is 0. The van der Waals surface area contributed by atoms with Gasteiger partial charge in [0.15, 0.2) is 7.33 Å². The van der Waals surface area contributed by atoms with E-state index in [0.29, 0.717) is 11.8 Å². The van der Waals surface area contributed by atoms with E-state index >= 15 is 0 Å². The summed E-state index contributed by atoms with van der Waals surface area (Å²) in [5, 5.41) is 20.5. The number of phenolic OH excluding ortho intramolecular Hbond substituents is 2. The molecule has 0 saturated carbocycles. The molecule has 0 bridgehead atoms. The van der Waals surface area contributed by atoms with Crippen molar-refractivity contribution in [3.05, 3.63) is 52.4 Å². The van der Waals surface area contributed by atoms with Gasteiger partial charge in [0.05, 0.1) is 41.3 Å². The Morgan fingerprint density at radius 3 is 1.10 bits per heavy atom. The van der Waals surface area contributed by atoms with Gasteiger partial charge in [-0.05, 0) is 13.8 Å². The summed E-state index contributed by atoms with van der Waals surface area (Å²) < 4.78 is -4.14. The zero-order valence-corrected chi connectivity index (χ0v) is 22.5. The van der Waals surface area contributed by atoms with E-state index in [2.05, 4.69) is 0 Å². The fourth-order valence-corrected chi connectivity index (χ4v) is 7.74. The van der Waals surface area contributed by atoms with E-state index in [0.717, 1.165) is 0 Å². The number of aromatic hydroxyl groups is 2. The summed E-state index contributed by atoms with van der Waals surface area (Å²) in [5.74, 6) is -0.821. The molecule has 0 aromatic heterocycles. The molecule has 13 heteroatoms. The van der Waals surface area contributed by atoms with Crippen LogP contribution in [-0.2, 0) is 7.33 Å². The summed E-state index contributed by atoms with van der Waals surface area (Å²) in [5.41, 5.74) is -0.0263. The fraction of sp³-hybridized carbons (Fsp3) is 0.250. The Bertz CT molecular complexity index is 869. The number of thioether (sulfide) groups is 1. The van der Waals surface area contributed by atoms with Gasteiger partial charge in [-0.2, -0.15) is 0 Å². The van der Waals surface area contributed by atoms with Gasteiger partial charge in [0.1, 0.15) is 11.5 Å². The zero-order valence-electron chi connectivity index (χ0n) is 14.1. The van der Waals surface area contributed by atoms with E-state index in [9.17, 15) is 10.2 Å². The molecule has 0 atom stereocenters. The maximum absolute atomic E-state index is 10.5. The van der Waals surface area contributed by atoms with Crippen molar-refractivity contribution in [2.45, 2.75) is 21.2 Å². The average Bonchev–Trinajstić information content (AvgIpc) is 2.60. The largest absolute Gasteiger partial charge is 0.507 e. The Morgan fingerprint density at radius 2 is 0.828 bits per heavy atom. The van der Waals surface area contributed by atoms with E-state index < -0.39 is 18.8 Å². The molecule has 29 heavy (non-hydrogen) atoms. The molecule has 0 amide bonds. The van der Waals surface area contributed by atoms with Crippen LogP contribution in [0.1, 0.15) is 22.3 Å². The number of phenols is 2. The first-order valence-electron chi connectivity index (χ1n) is 7.25. The van der Waals surface area contributed by atoms with Crippen LogP contribution in [-0.4, -0.2) is 10.2 Å². The molecule has 2 rings (SSSR count). The molecule has 0 unspecified atom stereocenters. The Kier molecular flexibility index (Phi) is 8.48. The lowest BCUT2D eigenvalue weighted by atomic mass is 10.1. The predicted octanol–water partition coefficient (Wildman–Crippen LogP) is 10.2. The topological polar surface area (TPSA) is 40.5 Å². The summed E-state index contributed by atoms with van der Waals surface area (Å²) >= 11 is 63.0. The number of benzene rings is 2. The molecule has 2 aromatic rings. The molecule has 2 nitrogen and oxygen atoms in total. The van der Waals surface area contributed by atoms with E-state index in [1.54, 1.807) is 0 Å². The summed E-state index contributed by atoms with van der Waals surface area (Å²) in [6.45, 7) is 2.97. The highest BCUT2D eigenvalue weighted by atomic mass is 35.5. The van der Waals surface area contributed by atoms with Crippen LogP contribution in [0.15, 0.2) is 0 Å². The molecule has 160 valence electrons. The van der Waals surface area contributed by atoms with Crippen molar-refractivity contribution in [2.24, 2.45) is 0 Å². The lowest BCUT2D eigenvalue weighted by Crippen LogP contribution is -2.17. The summed E-state index contributed by atoms with van der Waals surface area (Å²) in [7, 11) is 0. The highest BCUT2D eigenvalue weighted by molar-refractivity contribution is 8.05. The molecule has 0 aliphatic carbocycles. The average molecular weight is 619 g/mol. The SMILES string of the molecule is Cc1c(O)c(C(Cl)(Cl)SC(Cl)(Cl)c2c(O)c(C)c(Cl)c(Cl)c2Cl)c(Cl)c(Cl)c1Cl. The van der Waals surface area contributed by atoms with Crippen molar-refractivity contribution >= 4 is 128 Å². The van der Waals surface area contributed by atoms with Gasteiger partial charge in [0.25, 0.3) is 0 Å². The molecule has 0 spiro atoms. The molecule has 0 saturated heterocycles. The predicted molar refractivity (Wildman–Crippen MR) is 130 cm³/mol. The molecule has 0 heterocycles. The van der Waals surface area contributed by atoms with Crippen LogP contribution in [0, 0.1) is 13.8 Å². The van der Waals surface area contributed by atoms with Gasteiger partial charge in [-0.1, -0.05) is 128 Å². The maximum Gasteiger partial charge on any atom is 0.196 e. The van der Waals surface area contributed by atoms with Gasteiger partial charge in [-0.15, -0.1) is 0 Å². The molecule has 2 aromatic carbocycles. The second-order valence-corrected chi connectivity index (χ2v) is 13.0. The zero-order chi connectivity index (χ0) is 22.6. The van der Waals surface area contributed by atoms with Crippen molar-refractivity contribution < 1.29 is 10.2 Å². The summed E-state index contributed by atoms with van der Waals surface area (Å²) in [6.07, 6.45) is 0. The molecule has 0 aliphatic rings. The van der Waals surface area contributed by atoms with Crippen molar-refractivity contribution in [3.8, 4) is 11.5 Å². The number of hydrogen-bond acceptors (Lipinski definition) is 3. The van der Waals surface area contributed by atoms with Crippen molar-refractivity contribution in [1.29, 1.82) is 0 Å². The molecular weight excluding hydrogens is 611 g/mol. The molecule has 0 aliphatic heterocycles. The van der Waals surface area contributed by atoms with Gasteiger partial charge in [-0.25, -0.2) is 0 Å².